The number of hydrogen-bond donors (Lipinski definition) is 2. The topological polar surface area (TPSA) is 63.4 Å². The molecule has 0 aliphatic carbocycles. The van der Waals surface area contributed by atoms with Gasteiger partial charge in [-0.15, -0.1) is 0 Å². The first kappa shape index (κ1) is 13.0. The van der Waals surface area contributed by atoms with E-state index in [1.165, 1.54) is 25.8 Å². The highest BCUT2D eigenvalue weighted by Crippen LogP contribution is 2.21. The summed E-state index contributed by atoms with van der Waals surface area (Å²) in [4.78, 5) is 6.73. The summed E-state index contributed by atoms with van der Waals surface area (Å²) in [5, 5.41) is 3.36. The molecule has 5 nitrogen and oxygen atoms in total. The minimum atomic E-state index is 0.483. The molecule has 0 saturated carbocycles. The first-order chi connectivity index (χ1) is 8.70. The maximum Gasteiger partial charge on any atom is 0.238 e. The van der Waals surface area contributed by atoms with Crippen molar-refractivity contribution in [3.05, 3.63) is 12.1 Å². The van der Waals surface area contributed by atoms with Crippen LogP contribution in [0.2, 0.25) is 0 Å². The van der Waals surface area contributed by atoms with E-state index in [9.17, 15) is 0 Å². The van der Waals surface area contributed by atoms with Crippen LogP contribution in [-0.2, 0) is 0 Å². The number of nitrogen functional groups attached to an aromatic ring is 1. The summed E-state index contributed by atoms with van der Waals surface area (Å²) in [7, 11) is 3.76. The number of nitrogens with zero attached hydrogens (tertiary/aromatic N) is 2. The molecule has 5 heteroatoms. The average Bonchev–Trinajstić information content (AvgIpc) is 2.39. The van der Waals surface area contributed by atoms with Crippen LogP contribution in [0, 0.1) is 0 Å². The second-order valence-electron chi connectivity index (χ2n) is 4.81. The molecule has 1 aliphatic rings. The van der Waals surface area contributed by atoms with Gasteiger partial charge in [0.2, 0.25) is 5.88 Å². The van der Waals surface area contributed by atoms with Crippen LogP contribution in [0.3, 0.4) is 0 Å². The van der Waals surface area contributed by atoms with E-state index in [1.807, 2.05) is 12.1 Å². The lowest BCUT2D eigenvalue weighted by molar-refractivity contribution is 0.194. The van der Waals surface area contributed by atoms with E-state index in [4.69, 9.17) is 10.5 Å². The van der Waals surface area contributed by atoms with Gasteiger partial charge in [0.1, 0.15) is 5.82 Å². The number of likely N-dealkylation sites (N-methyl/N-ethyl adjacent to an activating group) is 1. The zero-order chi connectivity index (χ0) is 13.0. The van der Waals surface area contributed by atoms with Crippen molar-refractivity contribution in [2.45, 2.75) is 25.3 Å². The number of piperidine rings is 1. The van der Waals surface area contributed by atoms with E-state index in [1.54, 1.807) is 7.11 Å². The van der Waals surface area contributed by atoms with Crippen LogP contribution in [0.4, 0.5) is 11.5 Å². The fraction of sp³-hybridized carbons (Fsp3) is 0.615. The Labute approximate surface area is 108 Å². The number of methoxy groups -OCH3 is 1. The number of nitrogens with one attached hydrogen (secondary N) is 1. The van der Waals surface area contributed by atoms with Crippen LogP contribution in [0.1, 0.15) is 19.3 Å². The molecular formula is C13H22N4O. The van der Waals surface area contributed by atoms with Gasteiger partial charge in [0.05, 0.1) is 12.8 Å². The predicted octanol–water partition coefficient (Wildman–Crippen LogP) is 1.57. The van der Waals surface area contributed by atoms with Crippen molar-refractivity contribution >= 4 is 11.5 Å². The van der Waals surface area contributed by atoms with E-state index in [0.717, 1.165) is 12.4 Å². The third-order valence-electron chi connectivity index (χ3n) is 3.52. The molecule has 1 atom stereocenters. The highest BCUT2D eigenvalue weighted by atomic mass is 16.5. The minimum Gasteiger partial charge on any atom is -0.479 e. The second-order valence-corrected chi connectivity index (χ2v) is 4.81. The minimum absolute atomic E-state index is 0.483. The van der Waals surface area contributed by atoms with Crippen molar-refractivity contribution in [2.75, 3.05) is 38.3 Å². The van der Waals surface area contributed by atoms with E-state index in [0.29, 0.717) is 17.6 Å². The first-order valence-electron chi connectivity index (χ1n) is 6.45. The zero-order valence-electron chi connectivity index (χ0n) is 11.1. The Balaban J connectivity index is 1.93. The third-order valence-corrected chi connectivity index (χ3v) is 3.52. The van der Waals surface area contributed by atoms with Crippen molar-refractivity contribution in [1.82, 2.24) is 9.88 Å². The van der Waals surface area contributed by atoms with Crippen molar-refractivity contribution in [3.63, 3.8) is 0 Å². The average molecular weight is 250 g/mol. The standard InChI is InChI=1S/C13H22N4O/c1-17-8-4-3-5-10(17)9-15-12-7-6-11(14)13(16-12)18-2/h6-7,10H,3-5,8-9,14H2,1-2H3,(H,15,16). The molecule has 0 spiro atoms. The van der Waals surface area contributed by atoms with Crippen LogP contribution in [-0.4, -0.2) is 43.2 Å². The number of rotatable bonds is 4. The van der Waals surface area contributed by atoms with E-state index in [2.05, 4.69) is 22.2 Å². The molecule has 1 aromatic heterocycles. The number of likely N-dealkylation sites (tertiary alicyclic amines) is 1. The Bertz CT molecular complexity index is 397. The van der Waals surface area contributed by atoms with Crippen molar-refractivity contribution in [3.8, 4) is 5.88 Å². The number of anilines is 2. The lowest BCUT2D eigenvalue weighted by Gasteiger charge is -2.32. The molecular weight excluding hydrogens is 228 g/mol. The Hall–Kier alpha value is -1.49. The molecule has 100 valence electrons. The summed E-state index contributed by atoms with van der Waals surface area (Å²) in [6, 6.07) is 4.29. The van der Waals surface area contributed by atoms with Crippen molar-refractivity contribution in [1.29, 1.82) is 0 Å². The smallest absolute Gasteiger partial charge is 0.238 e. The van der Waals surface area contributed by atoms with E-state index >= 15 is 0 Å². The number of ether oxygens (including phenoxy) is 1. The largest absolute Gasteiger partial charge is 0.479 e. The Morgan fingerprint density at radius 3 is 3.06 bits per heavy atom. The van der Waals surface area contributed by atoms with Crippen LogP contribution >= 0.6 is 0 Å². The molecule has 0 bridgehead atoms. The molecule has 1 unspecified atom stereocenters. The molecule has 0 radical (unpaired) electrons. The number of pyridine rings is 1. The number of hydrogen-bond acceptors (Lipinski definition) is 5. The van der Waals surface area contributed by atoms with Crippen molar-refractivity contribution in [2.24, 2.45) is 0 Å². The summed E-state index contributed by atoms with van der Waals surface area (Å²) in [5.41, 5.74) is 6.30. The quantitative estimate of drug-likeness (QED) is 0.849. The Kier molecular flexibility index (Phi) is 4.25. The van der Waals surface area contributed by atoms with Gasteiger partial charge in [-0.3, -0.25) is 0 Å². The van der Waals surface area contributed by atoms with Crippen LogP contribution in [0.25, 0.3) is 0 Å². The SMILES string of the molecule is COc1nc(NCC2CCCCN2C)ccc1N. The molecule has 1 aliphatic heterocycles. The molecule has 2 heterocycles. The van der Waals surface area contributed by atoms with Gasteiger partial charge in [0, 0.05) is 12.6 Å². The van der Waals surface area contributed by atoms with Crippen LogP contribution in [0.5, 0.6) is 5.88 Å². The zero-order valence-corrected chi connectivity index (χ0v) is 11.1. The fourth-order valence-corrected chi connectivity index (χ4v) is 2.34. The molecule has 3 N–H and O–H groups in total. The predicted molar refractivity (Wildman–Crippen MR) is 74.0 cm³/mol. The van der Waals surface area contributed by atoms with Gasteiger partial charge < -0.3 is 20.7 Å². The van der Waals surface area contributed by atoms with Gasteiger partial charge in [-0.1, -0.05) is 6.42 Å². The van der Waals surface area contributed by atoms with Crippen LogP contribution in [0.15, 0.2) is 12.1 Å². The summed E-state index contributed by atoms with van der Waals surface area (Å²) >= 11 is 0. The maximum atomic E-state index is 5.74. The molecule has 0 aromatic carbocycles. The highest BCUT2D eigenvalue weighted by molar-refractivity contribution is 5.53. The summed E-state index contributed by atoms with van der Waals surface area (Å²) in [6.45, 7) is 2.10. The lowest BCUT2D eigenvalue weighted by atomic mass is 10.0. The third kappa shape index (κ3) is 3.04. The Morgan fingerprint density at radius 1 is 1.50 bits per heavy atom. The molecule has 1 saturated heterocycles. The first-order valence-corrected chi connectivity index (χ1v) is 6.45. The molecule has 1 fully saturated rings. The Morgan fingerprint density at radius 2 is 2.33 bits per heavy atom. The molecule has 2 rings (SSSR count). The van der Waals surface area contributed by atoms with Gasteiger partial charge in [-0.05, 0) is 38.6 Å². The van der Waals surface area contributed by atoms with E-state index in [-0.39, 0.29) is 0 Å². The summed E-state index contributed by atoms with van der Waals surface area (Å²) in [5.74, 6) is 1.30. The van der Waals surface area contributed by atoms with Crippen molar-refractivity contribution < 1.29 is 4.74 Å². The normalized spacial score (nSPS) is 20.7. The number of aromatic nitrogens is 1. The highest BCUT2D eigenvalue weighted by Gasteiger charge is 2.18. The molecule has 0 amide bonds. The molecule has 18 heavy (non-hydrogen) atoms. The molecule has 1 aromatic rings. The van der Waals surface area contributed by atoms with E-state index < -0.39 is 0 Å². The maximum absolute atomic E-state index is 5.74. The van der Waals surface area contributed by atoms with Gasteiger partial charge in [-0.25, -0.2) is 0 Å². The number of nitrogens with two attached hydrogens (primary N) is 1. The van der Waals surface area contributed by atoms with Gasteiger partial charge in [0.25, 0.3) is 0 Å². The second kappa shape index (κ2) is 5.91. The van der Waals surface area contributed by atoms with Crippen LogP contribution < -0.4 is 15.8 Å². The lowest BCUT2D eigenvalue weighted by Crippen LogP contribution is -2.40. The van der Waals surface area contributed by atoms with Gasteiger partial charge >= 0.3 is 0 Å². The summed E-state index contributed by atoms with van der Waals surface area (Å²) < 4.78 is 5.11. The van der Waals surface area contributed by atoms with Gasteiger partial charge in [-0.2, -0.15) is 4.98 Å². The summed E-state index contributed by atoms with van der Waals surface area (Å²) in [6.07, 6.45) is 3.87. The fourth-order valence-electron chi connectivity index (χ4n) is 2.34. The van der Waals surface area contributed by atoms with Gasteiger partial charge in [0.15, 0.2) is 0 Å². The monoisotopic (exact) mass is 250 g/mol.